The number of anilines is 1. The van der Waals surface area contributed by atoms with Crippen LogP contribution < -0.4 is 5.32 Å². The van der Waals surface area contributed by atoms with Crippen LogP contribution in [0.3, 0.4) is 0 Å². The summed E-state index contributed by atoms with van der Waals surface area (Å²) in [6.07, 6.45) is 2.48. The molecule has 0 unspecified atom stereocenters. The van der Waals surface area contributed by atoms with E-state index in [-0.39, 0.29) is 5.91 Å². The molecule has 64 valence electrons. The summed E-state index contributed by atoms with van der Waals surface area (Å²) in [5.41, 5.74) is 1.14. The van der Waals surface area contributed by atoms with Crippen molar-refractivity contribution in [2.75, 3.05) is 5.32 Å². The minimum absolute atomic E-state index is 0.0798. The third-order valence-corrected chi connectivity index (χ3v) is 1.92. The Kier molecular flexibility index (Phi) is 1.60. The number of nitrogens with one attached hydrogen (secondary N) is 2. The van der Waals surface area contributed by atoms with Crippen LogP contribution in [0, 0.1) is 0 Å². The summed E-state index contributed by atoms with van der Waals surface area (Å²) >= 11 is 0. The quantitative estimate of drug-likeness (QED) is 0.692. The van der Waals surface area contributed by atoms with Gasteiger partial charge in [-0.2, -0.15) is 5.10 Å². The molecule has 1 aromatic heterocycles. The molecule has 12 heavy (non-hydrogen) atoms. The van der Waals surface area contributed by atoms with Gasteiger partial charge >= 0.3 is 0 Å². The largest absolute Gasteiger partial charge is 0.309 e. The van der Waals surface area contributed by atoms with E-state index in [0.29, 0.717) is 11.7 Å². The average Bonchev–Trinajstić information content (AvgIpc) is 2.73. The third-order valence-electron chi connectivity index (χ3n) is 1.92. The van der Waals surface area contributed by atoms with E-state index in [0.717, 1.165) is 5.69 Å². The topological polar surface area (TPSA) is 57.8 Å². The molecule has 1 saturated carbocycles. The molecule has 4 nitrogen and oxygen atoms in total. The first kappa shape index (κ1) is 7.34. The van der Waals surface area contributed by atoms with Crippen molar-refractivity contribution in [2.45, 2.75) is 25.7 Å². The highest BCUT2D eigenvalue weighted by atomic mass is 16.1. The molecule has 0 saturated heterocycles. The zero-order valence-corrected chi connectivity index (χ0v) is 6.92. The van der Waals surface area contributed by atoms with Crippen LogP contribution in [0.5, 0.6) is 0 Å². The number of hydrogen-bond acceptors (Lipinski definition) is 2. The molecule has 2 rings (SSSR count). The van der Waals surface area contributed by atoms with Crippen LogP contribution in [0.25, 0.3) is 0 Å². The van der Waals surface area contributed by atoms with E-state index < -0.39 is 0 Å². The Labute approximate surface area is 70.4 Å². The second-order valence-corrected chi connectivity index (χ2v) is 3.16. The number of H-pyrrole nitrogens is 1. The minimum Gasteiger partial charge on any atom is -0.309 e. The van der Waals surface area contributed by atoms with Gasteiger partial charge in [-0.25, -0.2) is 0 Å². The first-order valence-corrected chi connectivity index (χ1v) is 4.08. The molecule has 1 amide bonds. The van der Waals surface area contributed by atoms with Crippen molar-refractivity contribution < 1.29 is 4.79 Å². The predicted molar refractivity (Wildman–Crippen MR) is 44.9 cm³/mol. The highest BCUT2D eigenvalue weighted by Gasteiger charge is 2.25. The van der Waals surface area contributed by atoms with Crippen LogP contribution in [-0.4, -0.2) is 16.1 Å². The van der Waals surface area contributed by atoms with Crippen molar-refractivity contribution in [3.05, 3.63) is 11.8 Å². The van der Waals surface area contributed by atoms with Gasteiger partial charge in [0.2, 0.25) is 5.91 Å². The lowest BCUT2D eigenvalue weighted by Crippen LogP contribution is -2.05. The molecule has 0 atom stereocenters. The Morgan fingerprint density at radius 1 is 1.75 bits per heavy atom. The predicted octanol–water partition coefficient (Wildman–Crippen LogP) is 1.25. The van der Waals surface area contributed by atoms with Crippen molar-refractivity contribution >= 4 is 11.7 Å². The fourth-order valence-electron chi connectivity index (χ4n) is 1.18. The number of rotatable bonds is 2. The van der Waals surface area contributed by atoms with E-state index in [4.69, 9.17) is 0 Å². The summed E-state index contributed by atoms with van der Waals surface area (Å²) in [6, 6.07) is 1.90. The molecule has 0 radical (unpaired) electrons. The van der Waals surface area contributed by atoms with Gasteiger partial charge in [0.05, 0.1) is 0 Å². The van der Waals surface area contributed by atoms with Crippen molar-refractivity contribution in [1.82, 2.24) is 10.2 Å². The van der Waals surface area contributed by atoms with Gasteiger partial charge in [-0.15, -0.1) is 0 Å². The molecule has 1 aliphatic carbocycles. The van der Waals surface area contributed by atoms with Crippen LogP contribution in [0.15, 0.2) is 6.07 Å². The second kappa shape index (κ2) is 2.62. The minimum atomic E-state index is -0.0798. The van der Waals surface area contributed by atoms with Crippen LogP contribution in [0.2, 0.25) is 0 Å². The summed E-state index contributed by atoms with van der Waals surface area (Å²) in [4.78, 5) is 10.6. The Morgan fingerprint density at radius 2 is 2.50 bits per heavy atom. The van der Waals surface area contributed by atoms with Gasteiger partial charge in [0.25, 0.3) is 0 Å². The van der Waals surface area contributed by atoms with E-state index in [9.17, 15) is 4.79 Å². The smallest absolute Gasteiger partial charge is 0.222 e. The Morgan fingerprint density at radius 3 is 3.08 bits per heavy atom. The molecule has 0 aliphatic heterocycles. The number of nitrogens with zero attached hydrogens (tertiary/aromatic N) is 1. The molecule has 4 heteroatoms. The molecular formula is C8H11N3O. The maximum atomic E-state index is 10.6. The fourth-order valence-corrected chi connectivity index (χ4v) is 1.18. The van der Waals surface area contributed by atoms with Crippen LogP contribution in [-0.2, 0) is 4.79 Å². The van der Waals surface area contributed by atoms with E-state index >= 15 is 0 Å². The number of hydrogen-bond donors (Lipinski definition) is 2. The third kappa shape index (κ3) is 1.47. The highest BCUT2D eigenvalue weighted by Crippen LogP contribution is 2.39. The van der Waals surface area contributed by atoms with Crippen molar-refractivity contribution in [3.8, 4) is 0 Å². The number of amides is 1. The van der Waals surface area contributed by atoms with Gasteiger partial charge in [0.1, 0.15) is 0 Å². The molecule has 0 aromatic carbocycles. The monoisotopic (exact) mass is 165 g/mol. The lowest BCUT2D eigenvalue weighted by molar-refractivity contribution is -0.114. The zero-order chi connectivity index (χ0) is 8.55. The van der Waals surface area contributed by atoms with Gasteiger partial charge in [-0.05, 0) is 12.8 Å². The zero-order valence-electron chi connectivity index (χ0n) is 6.92. The summed E-state index contributed by atoms with van der Waals surface area (Å²) in [6.45, 7) is 1.48. The first-order valence-electron chi connectivity index (χ1n) is 4.08. The van der Waals surface area contributed by atoms with Crippen LogP contribution in [0.4, 0.5) is 5.82 Å². The van der Waals surface area contributed by atoms with E-state index in [1.807, 2.05) is 6.07 Å². The standard InChI is InChI=1S/C8H11N3O/c1-5(12)9-8-4-7(10-11-8)6-2-3-6/h4,6H,2-3H2,1H3,(H2,9,10,11,12). The Hall–Kier alpha value is -1.32. The molecule has 1 aromatic rings. The van der Waals surface area contributed by atoms with Crippen molar-refractivity contribution in [1.29, 1.82) is 0 Å². The van der Waals surface area contributed by atoms with Gasteiger partial charge in [-0.1, -0.05) is 0 Å². The summed E-state index contributed by atoms with van der Waals surface area (Å²) < 4.78 is 0. The Bertz CT molecular complexity index is 301. The fraction of sp³-hybridized carbons (Fsp3) is 0.500. The summed E-state index contributed by atoms with van der Waals surface area (Å²) in [7, 11) is 0. The number of carbonyl (C=O) groups is 1. The lowest BCUT2D eigenvalue weighted by atomic mass is 10.3. The average molecular weight is 165 g/mol. The first-order chi connectivity index (χ1) is 5.75. The van der Waals surface area contributed by atoms with Crippen LogP contribution in [0.1, 0.15) is 31.4 Å². The maximum Gasteiger partial charge on any atom is 0.222 e. The van der Waals surface area contributed by atoms with Gasteiger partial charge in [-0.3, -0.25) is 9.89 Å². The SMILES string of the molecule is CC(=O)Nc1cc(C2CC2)[nH]n1. The van der Waals surface area contributed by atoms with E-state index in [1.54, 1.807) is 0 Å². The van der Waals surface area contributed by atoms with Crippen molar-refractivity contribution in [2.24, 2.45) is 0 Å². The summed E-state index contributed by atoms with van der Waals surface area (Å²) in [5.74, 6) is 1.20. The normalized spacial score (nSPS) is 16.1. The van der Waals surface area contributed by atoms with Gasteiger partial charge in [0, 0.05) is 24.6 Å². The van der Waals surface area contributed by atoms with Crippen LogP contribution >= 0.6 is 0 Å². The molecule has 0 spiro atoms. The second-order valence-electron chi connectivity index (χ2n) is 3.16. The number of aromatic nitrogens is 2. The van der Waals surface area contributed by atoms with E-state index in [1.165, 1.54) is 19.8 Å². The molecule has 0 bridgehead atoms. The van der Waals surface area contributed by atoms with E-state index in [2.05, 4.69) is 15.5 Å². The van der Waals surface area contributed by atoms with Crippen molar-refractivity contribution in [3.63, 3.8) is 0 Å². The molecule has 1 aliphatic rings. The van der Waals surface area contributed by atoms with Gasteiger partial charge < -0.3 is 5.32 Å². The number of carbonyl (C=O) groups excluding carboxylic acids is 1. The molecule has 1 heterocycles. The number of aromatic amines is 1. The van der Waals surface area contributed by atoms with Gasteiger partial charge in [0.15, 0.2) is 5.82 Å². The molecule has 1 fully saturated rings. The maximum absolute atomic E-state index is 10.6. The Balaban J connectivity index is 2.07. The lowest BCUT2D eigenvalue weighted by Gasteiger charge is -1.91. The molecule has 2 N–H and O–H groups in total. The molecular weight excluding hydrogens is 154 g/mol. The highest BCUT2D eigenvalue weighted by molar-refractivity contribution is 5.87. The summed E-state index contributed by atoms with van der Waals surface area (Å²) in [5, 5.41) is 9.50.